The summed E-state index contributed by atoms with van der Waals surface area (Å²) in [5, 5.41) is 23.4. The highest BCUT2D eigenvalue weighted by atomic mass is 16.5. The van der Waals surface area contributed by atoms with E-state index in [0.717, 1.165) is 31.0 Å². The lowest BCUT2D eigenvalue weighted by atomic mass is 9.93. The van der Waals surface area contributed by atoms with Crippen LogP contribution in [0.1, 0.15) is 176 Å². The van der Waals surface area contributed by atoms with Gasteiger partial charge < -0.3 is 70.1 Å². The molecule has 2 heterocycles. The summed E-state index contributed by atoms with van der Waals surface area (Å²) in [6.07, 6.45) is 3.04. The Bertz CT molecular complexity index is 2620. The number of nitrogens with one attached hydrogen (secondary N) is 4. The smallest absolute Gasteiger partial charge is 0.246 e. The molecule has 5 N–H and O–H groups in total. The third-order valence-electron chi connectivity index (χ3n) is 18.8. The molecule has 0 saturated carbocycles. The Morgan fingerprint density at radius 2 is 0.969 bits per heavy atom. The Morgan fingerprint density at radius 3 is 1.46 bits per heavy atom. The first-order valence-electron chi connectivity index (χ1n) is 35.6. The van der Waals surface area contributed by atoms with Gasteiger partial charge in [-0.25, -0.2) is 0 Å². The van der Waals surface area contributed by atoms with Crippen LogP contribution in [0.3, 0.4) is 0 Å². The summed E-state index contributed by atoms with van der Waals surface area (Å²) in [6, 6.07) is -14.1. The van der Waals surface area contributed by atoms with Gasteiger partial charge in [0.05, 0.1) is 25.4 Å². The number of carbonyl (C=O) groups excluding carboxylic acids is 11. The van der Waals surface area contributed by atoms with E-state index >= 15 is 38.4 Å². The van der Waals surface area contributed by atoms with Gasteiger partial charge in [-0.15, -0.1) is 0 Å². The van der Waals surface area contributed by atoms with Crippen molar-refractivity contribution in [1.29, 1.82) is 0 Å². The van der Waals surface area contributed by atoms with Gasteiger partial charge in [-0.2, -0.15) is 0 Å². The van der Waals surface area contributed by atoms with Crippen molar-refractivity contribution < 1.29 is 67.3 Å². The zero-order valence-electron chi connectivity index (χ0n) is 63.6. The van der Waals surface area contributed by atoms with Crippen molar-refractivity contribution in [3.05, 3.63) is 12.2 Å². The first kappa shape index (κ1) is 86.8. The van der Waals surface area contributed by atoms with Gasteiger partial charge in [0.2, 0.25) is 65.0 Å². The van der Waals surface area contributed by atoms with Crippen LogP contribution in [-0.4, -0.2) is 276 Å². The molecule has 0 bridgehead atoms. The Balaban J connectivity index is 3.09. The number of unbranched alkanes of at least 4 members (excludes halogenated alkanes) is 1. The van der Waals surface area contributed by atoms with E-state index in [1.807, 2.05) is 48.5 Å². The third-order valence-corrected chi connectivity index (χ3v) is 18.8. The van der Waals surface area contributed by atoms with E-state index in [1.165, 1.54) is 85.5 Å². The molecule has 11 amide bonds. The third kappa shape index (κ3) is 24.6. The Kier molecular flexibility index (Phi) is 37.0. The highest BCUT2D eigenvalue weighted by molar-refractivity contribution is 6.00. The van der Waals surface area contributed by atoms with Gasteiger partial charge in [0.15, 0.2) is 0 Å². The van der Waals surface area contributed by atoms with E-state index in [9.17, 15) is 19.5 Å². The quantitative estimate of drug-likeness (QED) is 0.0759. The predicted octanol–water partition coefficient (Wildman–Crippen LogP) is 3.91. The number of hydrogen-bond donors (Lipinski definition) is 5. The number of amides is 11. The number of allylic oxidation sites excluding steroid dienone is 1. The standard InChI is InChI=1S/C71H128N12O14/c1-25-31-47(15)60(84)59-64(88)74-51(27-3)66(90)83(32-26-2)52(28-4)67(91)80(23)58(50(18)97-36-30-29-33-82-34-37-96-38-35-82)63(87)75-56(45(11)12)70(94)76(19)53(39-42(5)6)62(86)72-48(16)61(85)73-49(17)65(89)77(20)54(40-43(7)8)68(92)78(21)55(41-44(9)10)69(93)79(22)57(46(13)14)71(95)81(59)24/h25,31,42-60,84H,26-30,32-41H2,1-24H3,(H,72,86)(H,73,85)(H,74,88)(H,75,87)/b31-25+/t47-,48+,49-,50-,51+,52-,53+,54+,55+,56+,57+,58?,59+,60-/m1/s1. The summed E-state index contributed by atoms with van der Waals surface area (Å²) in [5.41, 5.74) is 0. The summed E-state index contributed by atoms with van der Waals surface area (Å²) in [6.45, 7) is 35.3. The van der Waals surface area contributed by atoms with Crippen molar-refractivity contribution in [3.63, 3.8) is 0 Å². The Hall–Kier alpha value is -6.25. The van der Waals surface area contributed by atoms with Crippen LogP contribution >= 0.6 is 0 Å². The van der Waals surface area contributed by atoms with E-state index in [4.69, 9.17) is 9.47 Å². The van der Waals surface area contributed by atoms with E-state index in [-0.39, 0.29) is 63.0 Å². The molecule has 2 fully saturated rings. The molecule has 0 spiro atoms. The molecular formula is C71H128N12O14. The van der Waals surface area contributed by atoms with Gasteiger partial charge in [0.1, 0.15) is 66.5 Å². The zero-order valence-corrected chi connectivity index (χ0v) is 63.6. The minimum absolute atomic E-state index is 0.000710. The van der Waals surface area contributed by atoms with Crippen LogP contribution in [0, 0.1) is 35.5 Å². The van der Waals surface area contributed by atoms with Crippen molar-refractivity contribution in [2.24, 2.45) is 35.5 Å². The van der Waals surface area contributed by atoms with Crippen LogP contribution in [0.4, 0.5) is 0 Å². The van der Waals surface area contributed by atoms with E-state index in [0.29, 0.717) is 26.1 Å². The average molecular weight is 1370 g/mol. The second kappa shape index (κ2) is 41.4. The number of carbonyl (C=O) groups is 11. The molecule has 2 saturated heterocycles. The predicted molar refractivity (Wildman–Crippen MR) is 375 cm³/mol. The number of nitrogens with zero attached hydrogens (tertiary/aromatic N) is 8. The van der Waals surface area contributed by atoms with Crippen LogP contribution in [0.5, 0.6) is 0 Å². The number of morpholine rings is 1. The fourth-order valence-electron chi connectivity index (χ4n) is 12.9. The molecule has 26 heteroatoms. The zero-order chi connectivity index (χ0) is 74.2. The molecule has 0 aromatic carbocycles. The number of aliphatic hydroxyl groups is 1. The number of rotatable bonds is 22. The molecule has 97 heavy (non-hydrogen) atoms. The summed E-state index contributed by atoms with van der Waals surface area (Å²) in [4.78, 5) is 176. The first-order chi connectivity index (χ1) is 45.3. The van der Waals surface area contributed by atoms with E-state index < -0.39 is 161 Å². The maximum atomic E-state index is 15.4. The van der Waals surface area contributed by atoms with Crippen LogP contribution in [0.2, 0.25) is 0 Å². The number of ether oxygens (including phenoxy) is 2. The normalized spacial score (nSPS) is 27.3. The van der Waals surface area contributed by atoms with Crippen molar-refractivity contribution in [2.45, 2.75) is 255 Å². The van der Waals surface area contributed by atoms with Crippen LogP contribution in [0.15, 0.2) is 12.2 Å². The second-order valence-corrected chi connectivity index (χ2v) is 28.9. The Morgan fingerprint density at radius 1 is 0.495 bits per heavy atom. The van der Waals surface area contributed by atoms with Gasteiger partial charge >= 0.3 is 0 Å². The highest BCUT2D eigenvalue weighted by Crippen LogP contribution is 2.26. The molecular weight excluding hydrogens is 1240 g/mol. The maximum absolute atomic E-state index is 15.4. The lowest BCUT2D eigenvalue weighted by Crippen LogP contribution is -2.64. The highest BCUT2D eigenvalue weighted by Gasteiger charge is 2.47. The fourth-order valence-corrected chi connectivity index (χ4v) is 12.9. The van der Waals surface area contributed by atoms with Crippen LogP contribution in [-0.2, 0) is 62.2 Å². The second-order valence-electron chi connectivity index (χ2n) is 28.9. The molecule has 2 aliphatic heterocycles. The summed E-state index contributed by atoms with van der Waals surface area (Å²) in [5.74, 6) is -10.00. The first-order valence-corrected chi connectivity index (χ1v) is 35.6. The molecule has 1 unspecified atom stereocenters. The van der Waals surface area contributed by atoms with Crippen molar-refractivity contribution in [3.8, 4) is 0 Å². The average Bonchev–Trinajstić information content (AvgIpc) is 0.819. The van der Waals surface area contributed by atoms with Crippen LogP contribution in [0.25, 0.3) is 0 Å². The topological polar surface area (TPSA) is 300 Å². The van der Waals surface area contributed by atoms with Gasteiger partial charge in [0.25, 0.3) is 0 Å². The minimum atomic E-state index is -1.66. The molecule has 0 aromatic rings. The van der Waals surface area contributed by atoms with Crippen molar-refractivity contribution in [1.82, 2.24) is 60.5 Å². The fraction of sp³-hybridized carbons (Fsp3) is 0.817. The van der Waals surface area contributed by atoms with Gasteiger partial charge in [0, 0.05) is 74.4 Å². The Labute approximate surface area is 581 Å². The number of hydrogen-bond acceptors (Lipinski definition) is 15. The van der Waals surface area contributed by atoms with Gasteiger partial charge in [-0.05, 0) is 115 Å². The minimum Gasteiger partial charge on any atom is -0.390 e. The van der Waals surface area contributed by atoms with Gasteiger partial charge in [-0.1, -0.05) is 109 Å². The lowest BCUT2D eigenvalue weighted by Gasteiger charge is -2.41. The maximum Gasteiger partial charge on any atom is 0.246 e. The molecule has 0 aromatic heterocycles. The monoisotopic (exact) mass is 1370 g/mol. The number of aliphatic hydroxyl groups excluding tert-OH is 1. The molecule has 556 valence electrons. The van der Waals surface area contributed by atoms with Crippen molar-refractivity contribution in [2.75, 3.05) is 88.3 Å². The van der Waals surface area contributed by atoms with Crippen LogP contribution < -0.4 is 21.3 Å². The lowest BCUT2D eigenvalue weighted by molar-refractivity contribution is -0.157. The molecule has 2 aliphatic rings. The molecule has 0 radical (unpaired) electrons. The van der Waals surface area contributed by atoms with E-state index in [2.05, 4.69) is 26.2 Å². The number of likely N-dealkylation sites (N-methyl/N-ethyl adjacent to an activating group) is 6. The largest absolute Gasteiger partial charge is 0.390 e. The summed E-state index contributed by atoms with van der Waals surface area (Å²) in [7, 11) is 8.58. The van der Waals surface area contributed by atoms with Crippen molar-refractivity contribution >= 4 is 65.0 Å². The molecule has 0 aliphatic carbocycles. The molecule has 26 nitrogen and oxygen atoms in total. The van der Waals surface area contributed by atoms with Gasteiger partial charge in [-0.3, -0.25) is 57.6 Å². The molecule has 14 atom stereocenters. The summed E-state index contributed by atoms with van der Waals surface area (Å²) >= 11 is 0. The summed E-state index contributed by atoms with van der Waals surface area (Å²) < 4.78 is 11.9. The molecule has 2 rings (SSSR count). The SMILES string of the molecule is C/C=C/[C@@H](C)[C@@H](O)[C@H]1C(=O)N[C@@H](CC)C(=O)N(CCC)[C@H](CC)C(=O)N(C)C([C@@H](C)OCCCCN2CCOCC2)C(=O)N[C@@H](C(C)C)C(=O)N(C)[C@@H](CC(C)C)C(=O)N[C@@H](C)C(=O)N[C@H](C)C(=O)N(C)[C@@H](CC(C)C)C(=O)N(C)[C@@H](CC(C)C)C(=O)N(C)[C@@H](C(C)C)C(=O)N1C. The van der Waals surface area contributed by atoms with E-state index in [1.54, 1.807) is 74.5 Å².